The first-order chi connectivity index (χ1) is 12.7. The second kappa shape index (κ2) is 7.47. The number of amides is 2. The minimum absolute atomic E-state index is 0.00912. The number of anilines is 1. The average molecular weight is 395 g/mol. The molecule has 2 aliphatic rings. The van der Waals surface area contributed by atoms with Gasteiger partial charge in [-0.05, 0) is 44.7 Å². The number of benzene rings is 1. The summed E-state index contributed by atoms with van der Waals surface area (Å²) >= 11 is 0. The second-order valence-electron chi connectivity index (χ2n) is 7.04. The zero-order chi connectivity index (χ0) is 19.8. The van der Waals surface area contributed by atoms with Gasteiger partial charge in [0.15, 0.2) is 6.61 Å². The third kappa shape index (κ3) is 3.79. The van der Waals surface area contributed by atoms with Crippen LogP contribution < -0.4 is 15.4 Å². The molecule has 2 amide bonds. The monoisotopic (exact) mass is 395 g/mol. The fourth-order valence-corrected chi connectivity index (χ4v) is 5.23. The van der Waals surface area contributed by atoms with Crippen LogP contribution in [0.4, 0.5) is 5.69 Å². The van der Waals surface area contributed by atoms with Gasteiger partial charge >= 0.3 is 0 Å². The van der Waals surface area contributed by atoms with E-state index in [0.29, 0.717) is 36.4 Å². The Morgan fingerprint density at radius 1 is 1.44 bits per heavy atom. The van der Waals surface area contributed by atoms with Crippen LogP contribution in [-0.2, 0) is 19.6 Å². The molecule has 27 heavy (non-hydrogen) atoms. The first kappa shape index (κ1) is 19.6. The van der Waals surface area contributed by atoms with Crippen molar-refractivity contribution in [1.82, 2.24) is 9.62 Å². The standard InChI is InChI=1S/C18H25N3O5S/c1-4-12(3)19-18(23)14-6-5-7-21(14)27(24,25)16-9-15-13(8-11(16)2)20-17(22)10-26-15/h8-9,12,14H,4-7,10H2,1-3H3,(H,19,23)(H,20,22)/t12-,14-/m1/s1. The summed E-state index contributed by atoms with van der Waals surface area (Å²) in [4.78, 5) is 24.1. The molecule has 9 heteroatoms. The third-order valence-corrected chi connectivity index (χ3v) is 7.05. The normalized spacial score (nSPS) is 21.1. The van der Waals surface area contributed by atoms with E-state index < -0.39 is 16.1 Å². The molecule has 1 fully saturated rings. The van der Waals surface area contributed by atoms with Crippen molar-refractivity contribution in [3.05, 3.63) is 17.7 Å². The fourth-order valence-electron chi connectivity index (χ4n) is 3.35. The third-order valence-electron chi connectivity index (χ3n) is 5.00. The molecule has 3 rings (SSSR count). The van der Waals surface area contributed by atoms with Gasteiger partial charge in [-0.25, -0.2) is 8.42 Å². The second-order valence-corrected chi connectivity index (χ2v) is 8.90. The average Bonchev–Trinajstić information content (AvgIpc) is 3.11. The van der Waals surface area contributed by atoms with E-state index in [-0.39, 0.29) is 29.4 Å². The molecule has 2 aliphatic heterocycles. The zero-order valence-corrected chi connectivity index (χ0v) is 16.6. The highest BCUT2D eigenvalue weighted by Gasteiger charge is 2.40. The molecule has 0 aromatic heterocycles. The molecule has 0 saturated carbocycles. The summed E-state index contributed by atoms with van der Waals surface area (Å²) in [5.41, 5.74) is 0.947. The largest absolute Gasteiger partial charge is 0.482 e. The van der Waals surface area contributed by atoms with Gasteiger partial charge in [0.05, 0.1) is 10.6 Å². The van der Waals surface area contributed by atoms with Crippen LogP contribution >= 0.6 is 0 Å². The van der Waals surface area contributed by atoms with Gasteiger partial charge in [-0.1, -0.05) is 6.92 Å². The van der Waals surface area contributed by atoms with Gasteiger partial charge < -0.3 is 15.4 Å². The summed E-state index contributed by atoms with van der Waals surface area (Å²) in [5.74, 6) is -0.220. The number of ether oxygens (including phenoxy) is 1. The smallest absolute Gasteiger partial charge is 0.262 e. The van der Waals surface area contributed by atoms with Crippen LogP contribution in [0.5, 0.6) is 5.75 Å². The molecular weight excluding hydrogens is 370 g/mol. The van der Waals surface area contributed by atoms with Crippen molar-refractivity contribution in [2.45, 2.75) is 57.0 Å². The summed E-state index contributed by atoms with van der Waals surface area (Å²) < 4.78 is 33.2. The van der Waals surface area contributed by atoms with E-state index in [1.807, 2.05) is 13.8 Å². The van der Waals surface area contributed by atoms with E-state index >= 15 is 0 Å². The SMILES string of the molecule is CC[C@@H](C)NC(=O)[C@H]1CCCN1S(=O)(=O)c1cc2c(cc1C)NC(=O)CO2. The predicted octanol–water partition coefficient (Wildman–Crippen LogP) is 1.39. The topological polar surface area (TPSA) is 105 Å². The molecule has 0 unspecified atom stereocenters. The zero-order valence-electron chi connectivity index (χ0n) is 15.7. The molecule has 8 nitrogen and oxygen atoms in total. The highest BCUT2D eigenvalue weighted by Crippen LogP contribution is 2.35. The lowest BCUT2D eigenvalue weighted by Gasteiger charge is -2.26. The number of carbonyl (C=O) groups is 2. The molecule has 1 aromatic rings. The van der Waals surface area contributed by atoms with E-state index in [1.165, 1.54) is 10.4 Å². The number of fused-ring (bicyclic) bond motifs is 1. The minimum atomic E-state index is -3.87. The number of hydrogen-bond acceptors (Lipinski definition) is 5. The summed E-state index contributed by atoms with van der Waals surface area (Å²) in [6, 6.07) is 2.30. The van der Waals surface area contributed by atoms with E-state index in [4.69, 9.17) is 4.74 Å². The molecule has 2 heterocycles. The number of rotatable bonds is 5. The van der Waals surface area contributed by atoms with Gasteiger partial charge in [0.2, 0.25) is 15.9 Å². The van der Waals surface area contributed by atoms with Crippen molar-refractivity contribution in [3.63, 3.8) is 0 Å². The molecular formula is C18H25N3O5S. The summed E-state index contributed by atoms with van der Waals surface area (Å²) in [6.45, 7) is 5.67. The van der Waals surface area contributed by atoms with Gasteiger partial charge in [0.25, 0.3) is 5.91 Å². The van der Waals surface area contributed by atoms with Crippen molar-refractivity contribution in [2.24, 2.45) is 0 Å². The van der Waals surface area contributed by atoms with E-state index in [9.17, 15) is 18.0 Å². The summed E-state index contributed by atoms with van der Waals surface area (Å²) in [7, 11) is -3.87. The number of nitrogens with zero attached hydrogens (tertiary/aromatic N) is 1. The van der Waals surface area contributed by atoms with Gasteiger partial charge in [0, 0.05) is 18.7 Å². The number of sulfonamides is 1. The van der Waals surface area contributed by atoms with Crippen LogP contribution in [0.1, 0.15) is 38.7 Å². The highest BCUT2D eigenvalue weighted by atomic mass is 32.2. The number of hydrogen-bond donors (Lipinski definition) is 2. The van der Waals surface area contributed by atoms with E-state index in [1.54, 1.807) is 13.0 Å². The van der Waals surface area contributed by atoms with Crippen LogP contribution in [0.25, 0.3) is 0 Å². The maximum atomic E-state index is 13.3. The predicted molar refractivity (Wildman–Crippen MR) is 100 cm³/mol. The number of carbonyl (C=O) groups excluding carboxylic acids is 2. The first-order valence-electron chi connectivity index (χ1n) is 9.13. The molecule has 2 N–H and O–H groups in total. The Morgan fingerprint density at radius 3 is 2.89 bits per heavy atom. The van der Waals surface area contributed by atoms with Crippen LogP contribution in [0.3, 0.4) is 0 Å². The maximum absolute atomic E-state index is 13.3. The van der Waals surface area contributed by atoms with Gasteiger partial charge in [-0.3, -0.25) is 9.59 Å². The first-order valence-corrected chi connectivity index (χ1v) is 10.6. The molecule has 1 saturated heterocycles. The van der Waals surface area contributed by atoms with Crippen molar-refractivity contribution >= 4 is 27.5 Å². The summed E-state index contributed by atoms with van der Waals surface area (Å²) in [6.07, 6.45) is 1.91. The van der Waals surface area contributed by atoms with Crippen molar-refractivity contribution < 1.29 is 22.7 Å². The van der Waals surface area contributed by atoms with Crippen molar-refractivity contribution in [1.29, 1.82) is 0 Å². The molecule has 0 aliphatic carbocycles. The Labute approximate surface area is 159 Å². The Kier molecular flexibility index (Phi) is 5.43. The molecule has 2 atom stereocenters. The maximum Gasteiger partial charge on any atom is 0.262 e. The molecule has 0 bridgehead atoms. The Morgan fingerprint density at radius 2 is 2.19 bits per heavy atom. The number of nitrogens with one attached hydrogen (secondary N) is 2. The molecule has 1 aromatic carbocycles. The Bertz CT molecular complexity index is 868. The van der Waals surface area contributed by atoms with Crippen LogP contribution in [0, 0.1) is 6.92 Å². The molecule has 0 spiro atoms. The van der Waals surface area contributed by atoms with E-state index in [2.05, 4.69) is 10.6 Å². The van der Waals surface area contributed by atoms with Crippen molar-refractivity contribution in [2.75, 3.05) is 18.5 Å². The molecule has 148 valence electrons. The minimum Gasteiger partial charge on any atom is -0.482 e. The Hall–Kier alpha value is -2.13. The van der Waals surface area contributed by atoms with Gasteiger partial charge in [-0.2, -0.15) is 4.31 Å². The lowest BCUT2D eigenvalue weighted by molar-refractivity contribution is -0.124. The quantitative estimate of drug-likeness (QED) is 0.784. The van der Waals surface area contributed by atoms with E-state index in [0.717, 1.165) is 6.42 Å². The van der Waals surface area contributed by atoms with Crippen LogP contribution in [0.2, 0.25) is 0 Å². The highest BCUT2D eigenvalue weighted by molar-refractivity contribution is 7.89. The van der Waals surface area contributed by atoms with Crippen LogP contribution in [-0.4, -0.2) is 49.8 Å². The lowest BCUT2D eigenvalue weighted by Crippen LogP contribution is -2.48. The molecule has 0 radical (unpaired) electrons. The fraction of sp³-hybridized carbons (Fsp3) is 0.556. The van der Waals surface area contributed by atoms with Crippen molar-refractivity contribution in [3.8, 4) is 5.75 Å². The summed E-state index contributed by atoms with van der Waals surface area (Å²) in [5, 5.41) is 5.54. The Balaban J connectivity index is 1.91. The number of aryl methyl sites for hydroxylation is 1. The lowest BCUT2D eigenvalue weighted by atomic mass is 10.2. The van der Waals surface area contributed by atoms with Gasteiger partial charge in [0.1, 0.15) is 11.8 Å². The van der Waals surface area contributed by atoms with Gasteiger partial charge in [-0.15, -0.1) is 0 Å². The van der Waals surface area contributed by atoms with Crippen LogP contribution in [0.15, 0.2) is 17.0 Å².